The molecule has 76 valence electrons. The molecule has 0 aliphatic rings. The predicted molar refractivity (Wildman–Crippen MR) is 58.4 cm³/mol. The largest absolute Gasteiger partial charge is 0.468 e. The van der Waals surface area contributed by atoms with E-state index in [9.17, 15) is 4.79 Å². The molecule has 0 aliphatic heterocycles. The standard InChI is InChI=1S/C11H14O2S/c12-10-13-8-4-5-9-14-11-6-2-1-3-7-11/h1-3,6-7,10H,4-5,8-9H2. The fraction of sp³-hybridized carbons (Fsp3) is 0.364. The van der Waals surface area contributed by atoms with Crippen molar-refractivity contribution in [2.24, 2.45) is 0 Å². The van der Waals surface area contributed by atoms with Crippen LogP contribution in [0.2, 0.25) is 0 Å². The number of carbonyl (C=O) groups excluding carboxylic acids is 1. The van der Waals surface area contributed by atoms with Gasteiger partial charge in [0.25, 0.3) is 6.47 Å². The maximum Gasteiger partial charge on any atom is 0.293 e. The SMILES string of the molecule is O=COCCCCSc1ccccc1. The van der Waals surface area contributed by atoms with Crippen molar-refractivity contribution in [3.05, 3.63) is 30.3 Å². The minimum Gasteiger partial charge on any atom is -0.468 e. The van der Waals surface area contributed by atoms with Crippen molar-refractivity contribution in [3.63, 3.8) is 0 Å². The molecule has 0 atom stereocenters. The highest BCUT2D eigenvalue weighted by Crippen LogP contribution is 2.18. The van der Waals surface area contributed by atoms with Crippen LogP contribution in [-0.4, -0.2) is 18.8 Å². The van der Waals surface area contributed by atoms with E-state index in [1.165, 1.54) is 4.90 Å². The highest BCUT2D eigenvalue weighted by atomic mass is 32.2. The Morgan fingerprint density at radius 3 is 2.71 bits per heavy atom. The molecular weight excluding hydrogens is 196 g/mol. The molecule has 0 bridgehead atoms. The minimum absolute atomic E-state index is 0.504. The lowest BCUT2D eigenvalue weighted by Gasteiger charge is -2.00. The third kappa shape index (κ3) is 4.92. The van der Waals surface area contributed by atoms with Crippen LogP contribution in [-0.2, 0) is 9.53 Å². The Labute approximate surface area is 88.7 Å². The van der Waals surface area contributed by atoms with Gasteiger partial charge in [0.05, 0.1) is 6.61 Å². The third-order valence-corrected chi connectivity index (χ3v) is 2.83. The van der Waals surface area contributed by atoms with Crippen LogP contribution in [0.1, 0.15) is 12.8 Å². The van der Waals surface area contributed by atoms with E-state index in [-0.39, 0.29) is 0 Å². The molecule has 14 heavy (non-hydrogen) atoms. The van der Waals surface area contributed by atoms with Crippen molar-refractivity contribution in [1.82, 2.24) is 0 Å². The van der Waals surface area contributed by atoms with Gasteiger partial charge in [-0.05, 0) is 30.7 Å². The molecule has 0 aromatic heterocycles. The number of benzene rings is 1. The Hall–Kier alpha value is -0.960. The molecule has 3 heteroatoms. The van der Waals surface area contributed by atoms with Crippen LogP contribution in [0.15, 0.2) is 35.2 Å². The number of unbranched alkanes of at least 4 members (excludes halogenated alkanes) is 1. The molecule has 0 radical (unpaired) electrons. The van der Waals surface area contributed by atoms with Crippen molar-refractivity contribution in [3.8, 4) is 0 Å². The van der Waals surface area contributed by atoms with E-state index in [0.717, 1.165) is 18.6 Å². The summed E-state index contributed by atoms with van der Waals surface area (Å²) in [7, 11) is 0. The van der Waals surface area contributed by atoms with Crippen molar-refractivity contribution >= 4 is 18.2 Å². The molecule has 1 aromatic carbocycles. The molecule has 0 fully saturated rings. The molecule has 0 N–H and O–H groups in total. The summed E-state index contributed by atoms with van der Waals surface area (Å²) in [6.07, 6.45) is 2.02. The average molecular weight is 210 g/mol. The van der Waals surface area contributed by atoms with Gasteiger partial charge in [0.1, 0.15) is 0 Å². The van der Waals surface area contributed by atoms with E-state index in [1.54, 1.807) is 0 Å². The van der Waals surface area contributed by atoms with Gasteiger partial charge in [-0.1, -0.05) is 18.2 Å². The van der Waals surface area contributed by atoms with Crippen molar-refractivity contribution in [2.45, 2.75) is 17.7 Å². The van der Waals surface area contributed by atoms with Gasteiger partial charge in [-0.3, -0.25) is 4.79 Å². The topological polar surface area (TPSA) is 26.3 Å². The first kappa shape index (κ1) is 11.1. The molecule has 0 amide bonds. The number of hydrogen-bond donors (Lipinski definition) is 0. The Balaban J connectivity index is 2.02. The van der Waals surface area contributed by atoms with Gasteiger partial charge in [-0.2, -0.15) is 0 Å². The fourth-order valence-corrected chi connectivity index (χ4v) is 1.98. The number of hydrogen-bond acceptors (Lipinski definition) is 3. The van der Waals surface area contributed by atoms with Gasteiger partial charge in [0, 0.05) is 4.90 Å². The second-order valence-corrected chi connectivity index (χ2v) is 4.00. The van der Waals surface area contributed by atoms with Crippen molar-refractivity contribution in [1.29, 1.82) is 0 Å². The molecular formula is C11H14O2S. The molecule has 2 nitrogen and oxygen atoms in total. The smallest absolute Gasteiger partial charge is 0.293 e. The summed E-state index contributed by atoms with van der Waals surface area (Å²) in [5.41, 5.74) is 0. The zero-order chi connectivity index (χ0) is 10.1. The van der Waals surface area contributed by atoms with E-state index in [1.807, 2.05) is 30.0 Å². The van der Waals surface area contributed by atoms with Crippen molar-refractivity contribution in [2.75, 3.05) is 12.4 Å². The molecule has 0 saturated carbocycles. The number of rotatable bonds is 7. The lowest BCUT2D eigenvalue weighted by Crippen LogP contribution is -1.92. The third-order valence-electron chi connectivity index (χ3n) is 1.74. The van der Waals surface area contributed by atoms with Crippen LogP contribution >= 0.6 is 11.8 Å². The van der Waals surface area contributed by atoms with Gasteiger partial charge in [-0.15, -0.1) is 11.8 Å². The summed E-state index contributed by atoms with van der Waals surface area (Å²) in [4.78, 5) is 11.1. The van der Waals surface area contributed by atoms with Crippen LogP contribution in [0.25, 0.3) is 0 Å². The second kappa shape index (κ2) is 7.44. The Morgan fingerprint density at radius 2 is 2.00 bits per heavy atom. The molecule has 1 rings (SSSR count). The summed E-state index contributed by atoms with van der Waals surface area (Å²) >= 11 is 1.83. The van der Waals surface area contributed by atoms with E-state index in [4.69, 9.17) is 0 Å². The minimum atomic E-state index is 0.504. The van der Waals surface area contributed by atoms with Crippen molar-refractivity contribution < 1.29 is 9.53 Å². The molecule has 0 aliphatic carbocycles. The maximum atomic E-state index is 9.83. The molecule has 1 aromatic rings. The number of ether oxygens (including phenoxy) is 1. The normalized spacial score (nSPS) is 9.71. The van der Waals surface area contributed by atoms with E-state index < -0.39 is 0 Å². The van der Waals surface area contributed by atoms with Crippen LogP contribution in [0.4, 0.5) is 0 Å². The Morgan fingerprint density at radius 1 is 1.21 bits per heavy atom. The molecule has 0 unspecified atom stereocenters. The average Bonchev–Trinajstić information content (AvgIpc) is 2.25. The van der Waals surface area contributed by atoms with E-state index in [0.29, 0.717) is 13.1 Å². The summed E-state index contributed by atoms with van der Waals surface area (Å²) < 4.78 is 4.60. The fourth-order valence-electron chi connectivity index (χ4n) is 1.04. The molecule has 0 spiro atoms. The zero-order valence-electron chi connectivity index (χ0n) is 8.02. The van der Waals surface area contributed by atoms with Gasteiger partial charge >= 0.3 is 0 Å². The van der Waals surface area contributed by atoms with Gasteiger partial charge in [-0.25, -0.2) is 0 Å². The van der Waals surface area contributed by atoms with Gasteiger partial charge < -0.3 is 4.74 Å². The van der Waals surface area contributed by atoms with Crippen LogP contribution in [0.5, 0.6) is 0 Å². The highest BCUT2D eigenvalue weighted by molar-refractivity contribution is 7.99. The number of carbonyl (C=O) groups is 1. The summed E-state index contributed by atoms with van der Waals surface area (Å²) in [5, 5.41) is 0. The zero-order valence-corrected chi connectivity index (χ0v) is 8.83. The maximum absolute atomic E-state index is 9.83. The van der Waals surface area contributed by atoms with Crippen LogP contribution < -0.4 is 0 Å². The monoisotopic (exact) mass is 210 g/mol. The first-order chi connectivity index (χ1) is 6.93. The Bertz CT molecular complexity index is 249. The summed E-state index contributed by atoms with van der Waals surface area (Å²) in [6, 6.07) is 10.3. The summed E-state index contributed by atoms with van der Waals surface area (Å²) in [6.45, 7) is 1.04. The van der Waals surface area contributed by atoms with Crippen LogP contribution in [0.3, 0.4) is 0 Å². The Kier molecular flexibility index (Phi) is 5.91. The quantitative estimate of drug-likeness (QED) is 0.393. The van der Waals surface area contributed by atoms with Gasteiger partial charge in [0.2, 0.25) is 0 Å². The van der Waals surface area contributed by atoms with E-state index in [2.05, 4.69) is 16.9 Å². The predicted octanol–water partition coefficient (Wildman–Crippen LogP) is 2.73. The lowest BCUT2D eigenvalue weighted by molar-refractivity contribution is -0.128. The molecule has 0 heterocycles. The first-order valence-corrected chi connectivity index (χ1v) is 5.65. The van der Waals surface area contributed by atoms with E-state index >= 15 is 0 Å². The number of thioether (sulfide) groups is 1. The highest BCUT2D eigenvalue weighted by Gasteiger charge is 1.92. The second-order valence-electron chi connectivity index (χ2n) is 2.84. The summed E-state index contributed by atoms with van der Waals surface area (Å²) in [5.74, 6) is 1.08. The molecule has 0 saturated heterocycles. The lowest BCUT2D eigenvalue weighted by atomic mass is 10.4. The first-order valence-electron chi connectivity index (χ1n) is 4.66. The van der Waals surface area contributed by atoms with Gasteiger partial charge in [0.15, 0.2) is 0 Å². The van der Waals surface area contributed by atoms with Crippen LogP contribution in [0, 0.1) is 0 Å².